The summed E-state index contributed by atoms with van der Waals surface area (Å²) in [7, 11) is 0. The first-order chi connectivity index (χ1) is 9.04. The zero-order valence-electron chi connectivity index (χ0n) is 13.5. The zero-order chi connectivity index (χ0) is 13.9. The van der Waals surface area contributed by atoms with E-state index in [0.29, 0.717) is 5.41 Å². The van der Waals surface area contributed by atoms with Crippen LogP contribution in [0, 0.1) is 11.3 Å². The Labute approximate surface area is 120 Å². The first-order valence-electron chi connectivity index (χ1n) is 8.52. The van der Waals surface area contributed by atoms with Gasteiger partial charge in [-0.3, -0.25) is 4.90 Å². The van der Waals surface area contributed by atoms with Crippen molar-refractivity contribution >= 4 is 0 Å². The molecule has 1 N–H and O–H groups in total. The normalized spacial score (nSPS) is 36.3. The number of rotatable bonds is 4. The van der Waals surface area contributed by atoms with E-state index >= 15 is 0 Å². The molecule has 2 rings (SSSR count). The predicted octanol–water partition coefficient (Wildman–Crippen LogP) is 3.67. The fourth-order valence-corrected chi connectivity index (χ4v) is 4.25. The van der Waals surface area contributed by atoms with Crippen molar-refractivity contribution in [3.8, 4) is 0 Å². The zero-order valence-corrected chi connectivity index (χ0v) is 13.5. The molecule has 2 aliphatic rings. The summed E-state index contributed by atoms with van der Waals surface area (Å²) >= 11 is 0. The van der Waals surface area contributed by atoms with Gasteiger partial charge in [-0.1, -0.05) is 40.5 Å². The third-order valence-electron chi connectivity index (χ3n) is 5.48. The summed E-state index contributed by atoms with van der Waals surface area (Å²) in [6, 6.07) is 1.58. The predicted molar refractivity (Wildman–Crippen MR) is 83.5 cm³/mol. The van der Waals surface area contributed by atoms with Crippen LogP contribution in [-0.4, -0.2) is 36.6 Å². The average molecular weight is 266 g/mol. The molecule has 2 heteroatoms. The van der Waals surface area contributed by atoms with Crippen LogP contribution in [0.1, 0.15) is 66.2 Å². The summed E-state index contributed by atoms with van der Waals surface area (Å²) in [4.78, 5) is 2.81. The molecule has 1 aliphatic carbocycles. The maximum atomic E-state index is 3.74. The second kappa shape index (κ2) is 6.58. The fraction of sp³-hybridized carbons (Fsp3) is 1.00. The van der Waals surface area contributed by atoms with Crippen LogP contribution in [0.3, 0.4) is 0 Å². The van der Waals surface area contributed by atoms with Crippen molar-refractivity contribution in [2.24, 2.45) is 11.3 Å². The van der Waals surface area contributed by atoms with Crippen LogP contribution in [-0.2, 0) is 0 Å². The lowest BCUT2D eigenvalue weighted by atomic mass is 9.71. The van der Waals surface area contributed by atoms with Crippen LogP contribution in [0.5, 0.6) is 0 Å². The topological polar surface area (TPSA) is 15.3 Å². The molecule has 2 fully saturated rings. The van der Waals surface area contributed by atoms with Gasteiger partial charge in [-0.05, 0) is 50.1 Å². The number of nitrogens with one attached hydrogen (secondary N) is 1. The second-order valence-electron chi connectivity index (χ2n) is 7.57. The molecule has 2 nitrogen and oxygen atoms in total. The van der Waals surface area contributed by atoms with E-state index in [4.69, 9.17) is 0 Å². The van der Waals surface area contributed by atoms with Crippen LogP contribution in [0.2, 0.25) is 0 Å². The molecule has 19 heavy (non-hydrogen) atoms. The van der Waals surface area contributed by atoms with Crippen molar-refractivity contribution in [3.63, 3.8) is 0 Å². The Morgan fingerprint density at radius 2 is 2.00 bits per heavy atom. The van der Waals surface area contributed by atoms with Gasteiger partial charge in [0.1, 0.15) is 0 Å². The van der Waals surface area contributed by atoms with Gasteiger partial charge < -0.3 is 5.32 Å². The van der Waals surface area contributed by atoms with Crippen molar-refractivity contribution in [1.29, 1.82) is 0 Å². The summed E-state index contributed by atoms with van der Waals surface area (Å²) in [5, 5.41) is 3.74. The number of piperidine rings is 1. The van der Waals surface area contributed by atoms with Gasteiger partial charge in [0.25, 0.3) is 0 Å². The highest BCUT2D eigenvalue weighted by molar-refractivity contribution is 4.93. The first kappa shape index (κ1) is 15.3. The minimum atomic E-state index is 0.529. The van der Waals surface area contributed by atoms with Gasteiger partial charge in [0, 0.05) is 18.6 Å². The second-order valence-corrected chi connectivity index (χ2v) is 7.57. The Bertz CT molecular complexity index is 274. The molecule has 0 amide bonds. The van der Waals surface area contributed by atoms with Crippen molar-refractivity contribution in [2.75, 3.05) is 19.6 Å². The molecule has 0 aromatic rings. The molecule has 3 atom stereocenters. The van der Waals surface area contributed by atoms with Gasteiger partial charge in [0.2, 0.25) is 0 Å². The number of nitrogens with zero attached hydrogens (tertiary/aromatic N) is 1. The highest BCUT2D eigenvalue weighted by atomic mass is 15.2. The van der Waals surface area contributed by atoms with E-state index in [-0.39, 0.29) is 0 Å². The smallest absolute Gasteiger partial charge is 0.0146 e. The fourth-order valence-electron chi connectivity index (χ4n) is 4.25. The van der Waals surface area contributed by atoms with Gasteiger partial charge in [0.05, 0.1) is 0 Å². The van der Waals surface area contributed by atoms with Gasteiger partial charge in [-0.15, -0.1) is 0 Å². The molecular formula is C17H34N2. The summed E-state index contributed by atoms with van der Waals surface area (Å²) < 4.78 is 0. The highest BCUT2D eigenvalue weighted by Crippen LogP contribution is 2.39. The third kappa shape index (κ3) is 3.72. The Morgan fingerprint density at radius 3 is 2.63 bits per heavy atom. The highest BCUT2D eigenvalue weighted by Gasteiger charge is 2.38. The Kier molecular flexibility index (Phi) is 5.30. The summed E-state index contributed by atoms with van der Waals surface area (Å²) in [6.45, 7) is 13.5. The molecule has 1 heterocycles. The molecule has 1 aliphatic heterocycles. The van der Waals surface area contributed by atoms with Crippen molar-refractivity contribution < 1.29 is 0 Å². The van der Waals surface area contributed by atoms with E-state index in [1.807, 2.05) is 0 Å². The van der Waals surface area contributed by atoms with Gasteiger partial charge in [0.15, 0.2) is 0 Å². The molecule has 112 valence electrons. The molecular weight excluding hydrogens is 232 g/mol. The molecule has 1 saturated carbocycles. The van der Waals surface area contributed by atoms with Crippen molar-refractivity contribution in [1.82, 2.24) is 10.2 Å². The van der Waals surface area contributed by atoms with E-state index in [1.165, 1.54) is 58.2 Å². The van der Waals surface area contributed by atoms with E-state index in [2.05, 4.69) is 37.9 Å². The lowest BCUT2D eigenvalue weighted by molar-refractivity contribution is 0.0132. The molecule has 3 unspecified atom stereocenters. The molecule has 0 spiro atoms. The van der Waals surface area contributed by atoms with Crippen LogP contribution in [0.15, 0.2) is 0 Å². The third-order valence-corrected chi connectivity index (χ3v) is 5.48. The quantitative estimate of drug-likeness (QED) is 0.835. The van der Waals surface area contributed by atoms with Crippen molar-refractivity contribution in [3.05, 3.63) is 0 Å². The Hall–Kier alpha value is -0.0800. The SMILES string of the molecule is CCCNC1CCN(C2CCCCC2(C)C)CC1C. The summed E-state index contributed by atoms with van der Waals surface area (Å²) in [5.41, 5.74) is 0.529. The Balaban J connectivity index is 1.90. The van der Waals surface area contributed by atoms with E-state index in [9.17, 15) is 0 Å². The number of hydrogen-bond donors (Lipinski definition) is 1. The van der Waals surface area contributed by atoms with Crippen LogP contribution < -0.4 is 5.32 Å². The minimum absolute atomic E-state index is 0.529. The standard InChI is InChI=1S/C17H34N2/c1-5-11-18-15-9-12-19(13-14(15)2)16-8-6-7-10-17(16,3)4/h14-16,18H,5-13H2,1-4H3. The van der Waals surface area contributed by atoms with Gasteiger partial charge in [-0.2, -0.15) is 0 Å². The Morgan fingerprint density at radius 1 is 1.21 bits per heavy atom. The minimum Gasteiger partial charge on any atom is -0.314 e. The number of hydrogen-bond acceptors (Lipinski definition) is 2. The molecule has 0 radical (unpaired) electrons. The van der Waals surface area contributed by atoms with E-state index in [0.717, 1.165) is 18.0 Å². The summed E-state index contributed by atoms with van der Waals surface area (Å²) in [5.74, 6) is 0.804. The molecule has 0 aromatic heterocycles. The largest absolute Gasteiger partial charge is 0.314 e. The lowest BCUT2D eigenvalue weighted by Crippen LogP contribution is -2.55. The van der Waals surface area contributed by atoms with Gasteiger partial charge >= 0.3 is 0 Å². The number of likely N-dealkylation sites (tertiary alicyclic amines) is 1. The summed E-state index contributed by atoms with van der Waals surface area (Å²) in [6.07, 6.45) is 8.31. The first-order valence-corrected chi connectivity index (χ1v) is 8.52. The monoisotopic (exact) mass is 266 g/mol. The lowest BCUT2D eigenvalue weighted by Gasteiger charge is -2.49. The van der Waals surface area contributed by atoms with Gasteiger partial charge in [-0.25, -0.2) is 0 Å². The van der Waals surface area contributed by atoms with E-state index in [1.54, 1.807) is 0 Å². The maximum Gasteiger partial charge on any atom is 0.0146 e. The molecule has 0 aromatic carbocycles. The molecule has 0 bridgehead atoms. The van der Waals surface area contributed by atoms with Crippen molar-refractivity contribution in [2.45, 2.75) is 78.3 Å². The van der Waals surface area contributed by atoms with Crippen LogP contribution in [0.25, 0.3) is 0 Å². The van der Waals surface area contributed by atoms with Crippen LogP contribution in [0.4, 0.5) is 0 Å². The van der Waals surface area contributed by atoms with Crippen LogP contribution >= 0.6 is 0 Å². The maximum absolute atomic E-state index is 3.74. The molecule has 1 saturated heterocycles. The van der Waals surface area contributed by atoms with E-state index < -0.39 is 0 Å². The average Bonchev–Trinajstić information content (AvgIpc) is 2.37.